The number of hydrogen-bond donors (Lipinski definition) is 1. The maximum atomic E-state index is 12.2. The van der Waals surface area contributed by atoms with E-state index in [1.54, 1.807) is 6.92 Å². The van der Waals surface area contributed by atoms with Crippen LogP contribution < -0.4 is 10.1 Å². The molecule has 0 spiro atoms. The van der Waals surface area contributed by atoms with Crippen LogP contribution in [0, 0.1) is 6.92 Å². The highest BCUT2D eigenvalue weighted by Gasteiger charge is 2.15. The van der Waals surface area contributed by atoms with E-state index in [1.807, 2.05) is 49.4 Å². The molecule has 0 heterocycles. The normalized spacial score (nSPS) is 12.0. The van der Waals surface area contributed by atoms with Gasteiger partial charge in [-0.15, -0.1) is 0 Å². The second kappa shape index (κ2) is 7.12. The van der Waals surface area contributed by atoms with Gasteiger partial charge in [0.1, 0.15) is 5.75 Å². The molecule has 0 radical (unpaired) electrons. The molecular weight excluding hydrogens is 274 g/mol. The zero-order valence-electron chi connectivity index (χ0n) is 13.6. The van der Waals surface area contributed by atoms with Gasteiger partial charge < -0.3 is 10.1 Å². The molecule has 3 heteroatoms. The van der Waals surface area contributed by atoms with E-state index in [9.17, 15) is 4.79 Å². The van der Waals surface area contributed by atoms with Gasteiger partial charge in [0.05, 0.1) is 0 Å². The van der Waals surface area contributed by atoms with Crippen LogP contribution >= 0.6 is 0 Å². The predicted molar refractivity (Wildman–Crippen MR) is 90.4 cm³/mol. The molecule has 1 N–H and O–H groups in total. The molecular formula is C19H23NO2. The lowest BCUT2D eigenvalue weighted by molar-refractivity contribution is -0.122. The third kappa shape index (κ3) is 4.35. The maximum Gasteiger partial charge on any atom is 0.265 e. The molecule has 2 rings (SSSR count). The van der Waals surface area contributed by atoms with Crippen LogP contribution in [0.15, 0.2) is 48.5 Å². The Bertz CT molecular complexity index is 649. The summed E-state index contributed by atoms with van der Waals surface area (Å²) in [6.45, 7) is 8.01. The number of anilines is 1. The number of nitrogens with one attached hydrogen (secondary N) is 1. The summed E-state index contributed by atoms with van der Waals surface area (Å²) in [5.41, 5.74) is 3.09. The van der Waals surface area contributed by atoms with Crippen molar-refractivity contribution in [3.05, 3.63) is 59.7 Å². The lowest BCUT2D eigenvalue weighted by atomic mass is 10.0. The van der Waals surface area contributed by atoms with Crippen LogP contribution in [0.5, 0.6) is 5.75 Å². The van der Waals surface area contributed by atoms with Gasteiger partial charge >= 0.3 is 0 Å². The molecule has 0 aromatic heterocycles. The molecule has 0 aliphatic heterocycles. The quantitative estimate of drug-likeness (QED) is 0.881. The maximum absolute atomic E-state index is 12.2. The summed E-state index contributed by atoms with van der Waals surface area (Å²) in [6.07, 6.45) is -0.553. The zero-order valence-corrected chi connectivity index (χ0v) is 13.6. The predicted octanol–water partition coefficient (Wildman–Crippen LogP) is 4.52. The summed E-state index contributed by atoms with van der Waals surface area (Å²) in [6, 6.07) is 15.6. The zero-order chi connectivity index (χ0) is 16.1. The van der Waals surface area contributed by atoms with Crippen LogP contribution in [-0.2, 0) is 4.79 Å². The molecule has 0 fully saturated rings. The van der Waals surface area contributed by atoms with Crippen LogP contribution in [0.3, 0.4) is 0 Å². The second-order valence-electron chi connectivity index (χ2n) is 5.85. The summed E-state index contributed by atoms with van der Waals surface area (Å²) in [5.74, 6) is 0.999. The highest BCUT2D eigenvalue weighted by molar-refractivity contribution is 5.94. The summed E-state index contributed by atoms with van der Waals surface area (Å²) in [4.78, 5) is 12.2. The molecule has 3 nitrogen and oxygen atoms in total. The van der Waals surface area contributed by atoms with Crippen LogP contribution in [0.25, 0.3) is 0 Å². The van der Waals surface area contributed by atoms with Crippen molar-refractivity contribution in [2.75, 3.05) is 5.32 Å². The lowest BCUT2D eigenvalue weighted by Gasteiger charge is -2.16. The van der Waals surface area contributed by atoms with Gasteiger partial charge in [-0.1, -0.05) is 38.1 Å². The Balaban J connectivity index is 2.00. The molecule has 0 aliphatic rings. The van der Waals surface area contributed by atoms with E-state index >= 15 is 0 Å². The van der Waals surface area contributed by atoms with Crippen molar-refractivity contribution >= 4 is 11.6 Å². The Kier molecular flexibility index (Phi) is 5.21. The molecule has 0 saturated heterocycles. The van der Waals surface area contributed by atoms with Gasteiger partial charge in [0.2, 0.25) is 0 Å². The van der Waals surface area contributed by atoms with Gasteiger partial charge in [0, 0.05) is 5.69 Å². The molecule has 0 aliphatic carbocycles. The Labute approximate surface area is 132 Å². The molecule has 22 heavy (non-hydrogen) atoms. The molecule has 116 valence electrons. The van der Waals surface area contributed by atoms with E-state index in [0.717, 1.165) is 17.0 Å². The fraction of sp³-hybridized carbons (Fsp3) is 0.316. The number of amides is 1. The number of aryl methyl sites for hydroxylation is 1. The van der Waals surface area contributed by atoms with Gasteiger partial charge in [-0.25, -0.2) is 0 Å². The standard InChI is InChI=1S/C19H23NO2/c1-13(2)16-8-6-10-18(12-16)22-15(4)19(21)20-17-9-5-7-14(3)11-17/h5-13,15H,1-4H3,(H,20,21). The van der Waals surface area contributed by atoms with Crippen molar-refractivity contribution in [2.45, 2.75) is 39.7 Å². The lowest BCUT2D eigenvalue weighted by Crippen LogP contribution is -2.30. The molecule has 0 bridgehead atoms. The average Bonchev–Trinajstić information content (AvgIpc) is 2.47. The van der Waals surface area contributed by atoms with E-state index in [0.29, 0.717) is 5.92 Å². The second-order valence-corrected chi connectivity index (χ2v) is 5.85. The van der Waals surface area contributed by atoms with Crippen LogP contribution in [-0.4, -0.2) is 12.0 Å². The van der Waals surface area contributed by atoms with E-state index < -0.39 is 6.10 Å². The first-order valence-electron chi connectivity index (χ1n) is 7.60. The highest BCUT2D eigenvalue weighted by Crippen LogP contribution is 2.21. The van der Waals surface area contributed by atoms with Crippen LogP contribution in [0.1, 0.15) is 37.8 Å². The van der Waals surface area contributed by atoms with Crippen molar-refractivity contribution in [1.82, 2.24) is 0 Å². The van der Waals surface area contributed by atoms with Crippen molar-refractivity contribution in [1.29, 1.82) is 0 Å². The number of rotatable bonds is 5. The number of ether oxygens (including phenoxy) is 1. The Morgan fingerprint density at radius 2 is 1.77 bits per heavy atom. The molecule has 0 saturated carbocycles. The fourth-order valence-electron chi connectivity index (χ4n) is 2.17. The Morgan fingerprint density at radius 1 is 1.05 bits per heavy atom. The minimum atomic E-state index is -0.553. The first kappa shape index (κ1) is 16.1. The van der Waals surface area contributed by atoms with E-state index in [4.69, 9.17) is 4.74 Å². The Morgan fingerprint density at radius 3 is 2.45 bits per heavy atom. The van der Waals surface area contributed by atoms with Crippen molar-refractivity contribution in [3.63, 3.8) is 0 Å². The van der Waals surface area contributed by atoms with E-state index in [2.05, 4.69) is 25.2 Å². The van der Waals surface area contributed by atoms with E-state index in [-0.39, 0.29) is 5.91 Å². The first-order chi connectivity index (χ1) is 10.5. The van der Waals surface area contributed by atoms with Gasteiger partial charge in [-0.2, -0.15) is 0 Å². The number of carbonyl (C=O) groups excluding carboxylic acids is 1. The molecule has 1 atom stereocenters. The monoisotopic (exact) mass is 297 g/mol. The van der Waals surface area contributed by atoms with Gasteiger partial charge in [0.15, 0.2) is 6.10 Å². The molecule has 2 aromatic carbocycles. The van der Waals surface area contributed by atoms with Crippen molar-refractivity contribution < 1.29 is 9.53 Å². The van der Waals surface area contributed by atoms with Gasteiger partial charge in [0.25, 0.3) is 5.91 Å². The summed E-state index contributed by atoms with van der Waals surface area (Å²) >= 11 is 0. The van der Waals surface area contributed by atoms with Gasteiger partial charge in [-0.3, -0.25) is 4.79 Å². The summed E-state index contributed by atoms with van der Waals surface area (Å²) in [7, 11) is 0. The summed E-state index contributed by atoms with van der Waals surface area (Å²) in [5, 5.41) is 2.88. The average molecular weight is 297 g/mol. The van der Waals surface area contributed by atoms with Crippen LogP contribution in [0.2, 0.25) is 0 Å². The largest absolute Gasteiger partial charge is 0.481 e. The minimum absolute atomic E-state index is 0.152. The molecule has 2 aromatic rings. The first-order valence-corrected chi connectivity index (χ1v) is 7.60. The molecule has 1 unspecified atom stereocenters. The fourth-order valence-corrected chi connectivity index (χ4v) is 2.17. The summed E-state index contributed by atoms with van der Waals surface area (Å²) < 4.78 is 5.76. The SMILES string of the molecule is Cc1cccc(NC(=O)C(C)Oc2cccc(C(C)C)c2)c1. The van der Waals surface area contributed by atoms with Crippen molar-refractivity contribution in [3.8, 4) is 5.75 Å². The smallest absolute Gasteiger partial charge is 0.265 e. The minimum Gasteiger partial charge on any atom is -0.481 e. The Hall–Kier alpha value is -2.29. The van der Waals surface area contributed by atoms with Gasteiger partial charge in [-0.05, 0) is 55.2 Å². The highest BCUT2D eigenvalue weighted by atomic mass is 16.5. The topological polar surface area (TPSA) is 38.3 Å². The third-order valence-electron chi connectivity index (χ3n) is 3.49. The number of benzene rings is 2. The molecule has 1 amide bonds. The third-order valence-corrected chi connectivity index (χ3v) is 3.49. The van der Waals surface area contributed by atoms with Crippen LogP contribution in [0.4, 0.5) is 5.69 Å². The van der Waals surface area contributed by atoms with E-state index in [1.165, 1.54) is 5.56 Å². The number of carbonyl (C=O) groups is 1. The van der Waals surface area contributed by atoms with Crippen molar-refractivity contribution in [2.24, 2.45) is 0 Å². The number of hydrogen-bond acceptors (Lipinski definition) is 2.